The van der Waals surface area contributed by atoms with E-state index >= 15 is 0 Å². The first-order valence-electron chi connectivity index (χ1n) is 19.3. The van der Waals surface area contributed by atoms with Gasteiger partial charge in [-0.3, -0.25) is 9.35 Å². The number of fused-ring (bicyclic) bond motifs is 2. The largest absolute Gasteiger partial charge is 0.456 e. The number of hydrogen-bond acceptors (Lipinski definition) is 7. The molecule has 10 heteroatoms. The molecule has 3 aliphatic heterocycles. The molecule has 1 aliphatic carbocycles. The summed E-state index contributed by atoms with van der Waals surface area (Å²) < 4.78 is 46.0. The maximum absolute atomic E-state index is 12.2. The van der Waals surface area contributed by atoms with Crippen LogP contribution in [0.3, 0.4) is 0 Å². The van der Waals surface area contributed by atoms with Gasteiger partial charge in [-0.1, -0.05) is 68.8 Å². The summed E-state index contributed by atoms with van der Waals surface area (Å²) in [5.41, 5.74) is 9.09. The fraction of sp³-hybridized carbons (Fsp3) is 0.400. The molecule has 0 aromatic heterocycles. The predicted octanol–water partition coefficient (Wildman–Crippen LogP) is 8.76. The zero-order chi connectivity index (χ0) is 39.5. The molecule has 0 saturated heterocycles. The summed E-state index contributed by atoms with van der Waals surface area (Å²) in [6.07, 6.45) is 16.7. The summed E-state index contributed by atoms with van der Waals surface area (Å²) in [5.74, 6) is 1.67. The number of nitrogens with zero attached hydrogens (tertiary/aromatic N) is 2. The van der Waals surface area contributed by atoms with E-state index in [1.54, 1.807) is 19.2 Å². The monoisotopic (exact) mass is 765 g/mol. The number of amides is 1. The van der Waals surface area contributed by atoms with Crippen molar-refractivity contribution in [2.45, 2.75) is 89.5 Å². The fourth-order valence-electron chi connectivity index (χ4n) is 8.34. The molecule has 55 heavy (non-hydrogen) atoms. The van der Waals surface area contributed by atoms with Crippen molar-refractivity contribution in [3.05, 3.63) is 136 Å². The Hall–Kier alpha value is -4.64. The lowest BCUT2D eigenvalue weighted by atomic mass is 9.81. The molecule has 0 radical (unpaired) electrons. The summed E-state index contributed by atoms with van der Waals surface area (Å²) in [4.78, 5) is 16.8. The number of likely N-dealkylation sites (N-methyl/N-ethyl adjacent to an activating group) is 1. The average Bonchev–Trinajstić information content (AvgIpc) is 3.35. The van der Waals surface area contributed by atoms with Gasteiger partial charge in [-0.05, 0) is 93.2 Å². The van der Waals surface area contributed by atoms with Crippen LogP contribution in [0.25, 0.3) is 5.76 Å². The number of carbonyl (C=O) groups excluding carboxylic acids is 1. The number of hydrogen-bond donors (Lipinski definition) is 2. The van der Waals surface area contributed by atoms with Gasteiger partial charge in [-0.2, -0.15) is 8.42 Å². The lowest BCUT2D eigenvalue weighted by Crippen LogP contribution is -2.44. The summed E-state index contributed by atoms with van der Waals surface area (Å²) in [7, 11) is -2.77. The minimum absolute atomic E-state index is 0.0193. The number of nitrogens with one attached hydrogen (secondary N) is 1. The van der Waals surface area contributed by atoms with Gasteiger partial charge in [0, 0.05) is 79.3 Å². The lowest BCUT2D eigenvalue weighted by Gasteiger charge is -2.45. The molecular weight excluding hydrogens is 711 g/mol. The highest BCUT2D eigenvalue weighted by Crippen LogP contribution is 2.49. The Morgan fingerprint density at radius 1 is 1.02 bits per heavy atom. The normalized spacial score (nSPS) is 19.5. The van der Waals surface area contributed by atoms with E-state index in [0.717, 1.165) is 77.4 Å². The van der Waals surface area contributed by atoms with Crippen molar-refractivity contribution < 1.29 is 27.2 Å². The molecule has 9 nitrogen and oxygen atoms in total. The third-order valence-electron chi connectivity index (χ3n) is 11.1. The molecule has 2 N–H and O–H groups in total. The molecule has 0 atom stereocenters. The number of allylic oxidation sites excluding steroid dienone is 10. The number of unbranched alkanes of at least 4 members (excludes halogenated alkanes) is 2. The number of methoxy groups -OCH3 is 1. The van der Waals surface area contributed by atoms with Gasteiger partial charge in [0.2, 0.25) is 5.91 Å². The minimum Gasteiger partial charge on any atom is -0.456 e. The second-order valence-electron chi connectivity index (χ2n) is 15.7. The van der Waals surface area contributed by atoms with Crippen molar-refractivity contribution in [3.8, 4) is 0 Å². The van der Waals surface area contributed by atoms with Crippen LogP contribution >= 0.6 is 0 Å². The molecule has 2 aromatic carbocycles. The van der Waals surface area contributed by atoms with Gasteiger partial charge in [-0.25, -0.2) is 0 Å². The van der Waals surface area contributed by atoms with E-state index in [-0.39, 0.29) is 16.3 Å². The van der Waals surface area contributed by atoms with Gasteiger partial charge < -0.3 is 24.6 Å². The molecule has 4 aliphatic rings. The third-order valence-corrected chi connectivity index (χ3v) is 11.9. The van der Waals surface area contributed by atoms with E-state index in [1.807, 2.05) is 18.2 Å². The second kappa shape index (κ2) is 16.2. The molecule has 1 amide bonds. The molecule has 0 spiro atoms. The van der Waals surface area contributed by atoms with Crippen molar-refractivity contribution in [1.29, 1.82) is 0 Å². The Bertz CT molecular complexity index is 2150. The molecular formula is C45H55N3O6S. The number of benzene rings is 2. The number of carbonyl (C=O) groups is 1. The smallest absolute Gasteiger partial charge is 0.294 e. The van der Waals surface area contributed by atoms with Crippen molar-refractivity contribution in [3.63, 3.8) is 0 Å². The average molecular weight is 766 g/mol. The van der Waals surface area contributed by atoms with Gasteiger partial charge in [0.15, 0.2) is 0 Å². The van der Waals surface area contributed by atoms with Crippen LogP contribution in [0.1, 0.15) is 84.8 Å². The van der Waals surface area contributed by atoms with Crippen LogP contribution in [0.5, 0.6) is 0 Å². The SMILES string of the molecule is CCN1C2=C(CC3=C(/C=C/C=C4/N(CCCCCC(=O)NCCOC)c5ccc(S(=O)(=O)O)cc5C4(C)C)C=C(c4ccccc4)OC3=C2)C(C)=CC1(C)C. The van der Waals surface area contributed by atoms with Crippen LogP contribution in [0, 0.1) is 0 Å². The molecule has 0 unspecified atom stereocenters. The summed E-state index contributed by atoms with van der Waals surface area (Å²) >= 11 is 0. The van der Waals surface area contributed by atoms with Crippen LogP contribution in [-0.4, -0.2) is 62.7 Å². The van der Waals surface area contributed by atoms with Gasteiger partial charge in [0.25, 0.3) is 10.1 Å². The van der Waals surface area contributed by atoms with E-state index in [4.69, 9.17) is 9.47 Å². The second-order valence-corrected chi connectivity index (χ2v) is 17.1. The quantitative estimate of drug-likeness (QED) is 0.145. The van der Waals surface area contributed by atoms with Crippen molar-refractivity contribution in [2.24, 2.45) is 0 Å². The van der Waals surface area contributed by atoms with E-state index in [9.17, 15) is 17.8 Å². The summed E-state index contributed by atoms with van der Waals surface area (Å²) in [5, 5.41) is 2.88. The fourth-order valence-corrected chi connectivity index (χ4v) is 8.84. The maximum Gasteiger partial charge on any atom is 0.294 e. The van der Waals surface area contributed by atoms with Crippen molar-refractivity contribution in [1.82, 2.24) is 10.2 Å². The van der Waals surface area contributed by atoms with Crippen LogP contribution < -0.4 is 10.2 Å². The minimum atomic E-state index is -4.38. The van der Waals surface area contributed by atoms with Crippen molar-refractivity contribution >= 4 is 27.5 Å². The zero-order valence-electron chi connectivity index (χ0n) is 33.2. The molecule has 0 fully saturated rings. The molecule has 3 heterocycles. The van der Waals surface area contributed by atoms with Gasteiger partial charge in [0.05, 0.1) is 17.0 Å². The molecule has 0 saturated carbocycles. The Morgan fingerprint density at radius 2 is 1.78 bits per heavy atom. The van der Waals surface area contributed by atoms with E-state index in [0.29, 0.717) is 26.1 Å². The Labute approximate surface area is 327 Å². The first-order chi connectivity index (χ1) is 26.2. The molecule has 2 aromatic rings. The van der Waals surface area contributed by atoms with Crippen LogP contribution in [0.4, 0.5) is 5.69 Å². The molecule has 0 bridgehead atoms. The van der Waals surface area contributed by atoms with E-state index in [2.05, 4.69) is 105 Å². The lowest BCUT2D eigenvalue weighted by molar-refractivity contribution is -0.121. The maximum atomic E-state index is 12.2. The highest BCUT2D eigenvalue weighted by Gasteiger charge is 2.41. The van der Waals surface area contributed by atoms with Crippen LogP contribution in [0.2, 0.25) is 0 Å². The molecule has 6 rings (SSSR count). The van der Waals surface area contributed by atoms with Crippen LogP contribution in [-0.2, 0) is 29.8 Å². The summed E-state index contributed by atoms with van der Waals surface area (Å²) in [6, 6.07) is 15.0. The first kappa shape index (κ1) is 40.0. The van der Waals surface area contributed by atoms with Gasteiger partial charge in [0.1, 0.15) is 11.5 Å². The van der Waals surface area contributed by atoms with E-state index < -0.39 is 15.5 Å². The third kappa shape index (κ3) is 8.47. The van der Waals surface area contributed by atoms with Gasteiger partial charge >= 0.3 is 0 Å². The Morgan fingerprint density at radius 3 is 2.49 bits per heavy atom. The Balaban J connectivity index is 1.34. The van der Waals surface area contributed by atoms with Crippen molar-refractivity contribution in [2.75, 3.05) is 38.3 Å². The number of ether oxygens (including phenoxy) is 2. The number of anilines is 1. The first-order valence-corrected chi connectivity index (χ1v) is 20.7. The van der Waals surface area contributed by atoms with Gasteiger partial charge in [-0.15, -0.1) is 0 Å². The predicted molar refractivity (Wildman–Crippen MR) is 220 cm³/mol. The molecule has 292 valence electrons. The number of rotatable bonds is 14. The highest BCUT2D eigenvalue weighted by molar-refractivity contribution is 7.85. The Kier molecular flexibility index (Phi) is 11.8. The van der Waals surface area contributed by atoms with Crippen LogP contribution in [0.15, 0.2) is 129 Å². The highest BCUT2D eigenvalue weighted by atomic mass is 32.2. The topological polar surface area (TPSA) is 108 Å². The standard InChI is InChI=1S/C45H55N3O6S/c1-8-48-39-29-41-36(28-35(39)31(2)30-44(48,3)4)33(26-40(54-41)32-16-11-9-12-17-32)18-15-19-42-45(5,6)37-27-34(55(50,51)52)21-22-38(37)47(42)24-14-10-13-20-43(49)46-23-25-53-7/h9,11-12,15-19,21-22,26-27,29-30H,8,10,13-14,20,23-25,28H2,1-7H3,(H,46,49)(H,50,51,52)/b18-15+,42-19+. The summed E-state index contributed by atoms with van der Waals surface area (Å²) in [6.45, 7) is 15.6. The van der Waals surface area contributed by atoms with E-state index in [1.165, 1.54) is 22.9 Å². The zero-order valence-corrected chi connectivity index (χ0v) is 34.1.